The molecule has 1 aromatic carbocycles. The van der Waals surface area contributed by atoms with Crippen LogP contribution in [0.15, 0.2) is 35.1 Å². The molecule has 2 heterocycles. The van der Waals surface area contributed by atoms with Crippen LogP contribution in [0.3, 0.4) is 0 Å². The third-order valence-electron chi connectivity index (χ3n) is 3.70. The molecule has 2 aromatic rings. The first kappa shape index (κ1) is 16.9. The molecule has 0 atom stereocenters. The summed E-state index contributed by atoms with van der Waals surface area (Å²) < 4.78 is 12.1. The minimum absolute atomic E-state index is 0.348. The predicted molar refractivity (Wildman–Crippen MR) is 96.4 cm³/mol. The lowest BCUT2D eigenvalue weighted by molar-refractivity contribution is 0.0398. The molecule has 0 aliphatic carbocycles. The second kappa shape index (κ2) is 8.27. The SMILES string of the molecule is Nc1c(NCCN2CCOCC2)ncnc1Oc1ccc(Br)cc1. The molecule has 0 unspecified atom stereocenters. The van der Waals surface area contributed by atoms with Gasteiger partial charge in [0.1, 0.15) is 17.8 Å². The van der Waals surface area contributed by atoms with E-state index in [1.807, 2.05) is 24.3 Å². The van der Waals surface area contributed by atoms with Gasteiger partial charge in [-0.05, 0) is 24.3 Å². The van der Waals surface area contributed by atoms with Crippen LogP contribution < -0.4 is 15.8 Å². The molecule has 3 rings (SSSR count). The lowest BCUT2D eigenvalue weighted by Gasteiger charge is -2.26. The van der Waals surface area contributed by atoms with Crippen LogP contribution in [0.25, 0.3) is 0 Å². The van der Waals surface area contributed by atoms with Crippen molar-refractivity contribution < 1.29 is 9.47 Å². The molecule has 0 spiro atoms. The second-order valence-corrected chi connectivity index (χ2v) is 6.29. The van der Waals surface area contributed by atoms with Gasteiger partial charge in [0.2, 0.25) is 5.88 Å². The number of ether oxygens (including phenoxy) is 2. The molecule has 1 fully saturated rings. The number of hydrogen-bond donors (Lipinski definition) is 2. The predicted octanol–water partition coefficient (Wildman–Crippen LogP) is 2.36. The third kappa shape index (κ3) is 4.56. The van der Waals surface area contributed by atoms with Crippen molar-refractivity contribution in [1.82, 2.24) is 14.9 Å². The molecule has 0 radical (unpaired) electrons. The Kier molecular flexibility index (Phi) is 5.84. The van der Waals surface area contributed by atoms with Crippen LogP contribution in [-0.2, 0) is 4.74 Å². The Morgan fingerprint density at radius 3 is 2.71 bits per heavy atom. The largest absolute Gasteiger partial charge is 0.437 e. The summed E-state index contributed by atoms with van der Waals surface area (Å²) in [6.07, 6.45) is 1.45. The fourth-order valence-corrected chi connectivity index (χ4v) is 2.64. The number of halogens is 1. The van der Waals surface area contributed by atoms with E-state index in [-0.39, 0.29) is 0 Å². The molecule has 8 heteroatoms. The average molecular weight is 394 g/mol. The van der Waals surface area contributed by atoms with Crippen LogP contribution in [0.4, 0.5) is 11.5 Å². The second-order valence-electron chi connectivity index (χ2n) is 5.38. The fourth-order valence-electron chi connectivity index (χ4n) is 2.37. The molecule has 1 aliphatic rings. The van der Waals surface area contributed by atoms with Gasteiger partial charge in [-0.25, -0.2) is 4.98 Å². The van der Waals surface area contributed by atoms with Crippen molar-refractivity contribution in [3.05, 3.63) is 35.1 Å². The highest BCUT2D eigenvalue weighted by atomic mass is 79.9. The van der Waals surface area contributed by atoms with E-state index in [1.165, 1.54) is 6.33 Å². The summed E-state index contributed by atoms with van der Waals surface area (Å²) in [5.74, 6) is 1.61. The summed E-state index contributed by atoms with van der Waals surface area (Å²) in [4.78, 5) is 10.7. The van der Waals surface area contributed by atoms with E-state index in [2.05, 4.69) is 36.1 Å². The van der Waals surface area contributed by atoms with E-state index < -0.39 is 0 Å². The standard InChI is InChI=1S/C16H20BrN5O2/c17-12-1-3-13(4-2-12)24-16-14(18)15(20-11-21-16)19-5-6-22-7-9-23-10-8-22/h1-4,11H,5-10,18H2,(H,19,20,21). The van der Waals surface area contributed by atoms with Crippen LogP contribution >= 0.6 is 15.9 Å². The minimum Gasteiger partial charge on any atom is -0.437 e. The van der Waals surface area contributed by atoms with E-state index in [0.29, 0.717) is 23.1 Å². The van der Waals surface area contributed by atoms with E-state index in [1.54, 1.807) is 0 Å². The van der Waals surface area contributed by atoms with E-state index in [4.69, 9.17) is 15.2 Å². The molecule has 1 aromatic heterocycles. The highest BCUT2D eigenvalue weighted by molar-refractivity contribution is 9.10. The molecule has 0 saturated carbocycles. The average Bonchev–Trinajstić information content (AvgIpc) is 2.61. The number of rotatable bonds is 6. The summed E-state index contributed by atoms with van der Waals surface area (Å²) in [7, 11) is 0. The van der Waals surface area contributed by atoms with Crippen molar-refractivity contribution in [3.63, 3.8) is 0 Å². The van der Waals surface area contributed by atoms with Crippen molar-refractivity contribution >= 4 is 27.4 Å². The maximum absolute atomic E-state index is 6.12. The van der Waals surface area contributed by atoms with E-state index in [9.17, 15) is 0 Å². The first-order valence-corrected chi connectivity index (χ1v) is 8.59. The van der Waals surface area contributed by atoms with Gasteiger partial charge in [0.25, 0.3) is 0 Å². The van der Waals surface area contributed by atoms with Crippen LogP contribution in [0.2, 0.25) is 0 Å². The Morgan fingerprint density at radius 1 is 1.21 bits per heavy atom. The fraction of sp³-hybridized carbons (Fsp3) is 0.375. The Balaban J connectivity index is 1.59. The van der Waals surface area contributed by atoms with Crippen molar-refractivity contribution in [2.45, 2.75) is 0 Å². The molecule has 7 nitrogen and oxygen atoms in total. The smallest absolute Gasteiger partial charge is 0.248 e. The normalized spacial score (nSPS) is 15.2. The Labute approximate surface area is 149 Å². The maximum atomic E-state index is 6.12. The number of nitrogens with zero attached hydrogens (tertiary/aromatic N) is 3. The lowest BCUT2D eigenvalue weighted by atomic mass is 10.3. The molecular weight excluding hydrogens is 374 g/mol. The van der Waals surface area contributed by atoms with Gasteiger partial charge in [0.15, 0.2) is 5.82 Å². The first-order valence-electron chi connectivity index (χ1n) is 7.80. The number of benzene rings is 1. The van der Waals surface area contributed by atoms with Crippen molar-refractivity contribution in [2.24, 2.45) is 0 Å². The topological polar surface area (TPSA) is 85.5 Å². The van der Waals surface area contributed by atoms with Crippen LogP contribution in [0.1, 0.15) is 0 Å². The molecule has 24 heavy (non-hydrogen) atoms. The van der Waals surface area contributed by atoms with Gasteiger partial charge < -0.3 is 20.5 Å². The summed E-state index contributed by atoms with van der Waals surface area (Å²) >= 11 is 3.39. The van der Waals surface area contributed by atoms with Crippen molar-refractivity contribution in [3.8, 4) is 11.6 Å². The van der Waals surface area contributed by atoms with Crippen molar-refractivity contribution in [2.75, 3.05) is 50.4 Å². The molecule has 128 valence electrons. The molecule has 1 saturated heterocycles. The third-order valence-corrected chi connectivity index (χ3v) is 4.23. The number of nitrogen functional groups attached to an aromatic ring is 1. The number of aromatic nitrogens is 2. The maximum Gasteiger partial charge on any atom is 0.248 e. The lowest BCUT2D eigenvalue weighted by Crippen LogP contribution is -2.39. The Morgan fingerprint density at radius 2 is 1.96 bits per heavy atom. The summed E-state index contributed by atoms with van der Waals surface area (Å²) in [5, 5.41) is 3.25. The number of nitrogens with two attached hydrogens (primary N) is 1. The van der Waals surface area contributed by atoms with Gasteiger partial charge in [-0.15, -0.1) is 0 Å². The molecule has 0 bridgehead atoms. The first-order chi connectivity index (χ1) is 11.7. The van der Waals surface area contributed by atoms with Gasteiger partial charge in [0.05, 0.1) is 13.2 Å². The Bertz CT molecular complexity index is 662. The van der Waals surface area contributed by atoms with Gasteiger partial charge >= 0.3 is 0 Å². The summed E-state index contributed by atoms with van der Waals surface area (Å²) in [6, 6.07) is 7.48. The Hall–Kier alpha value is -1.90. The van der Waals surface area contributed by atoms with E-state index in [0.717, 1.165) is 43.9 Å². The number of anilines is 2. The van der Waals surface area contributed by atoms with Crippen LogP contribution in [0.5, 0.6) is 11.6 Å². The van der Waals surface area contributed by atoms with Crippen LogP contribution in [-0.4, -0.2) is 54.3 Å². The van der Waals surface area contributed by atoms with Gasteiger partial charge in [-0.3, -0.25) is 4.90 Å². The molecule has 1 aliphatic heterocycles. The number of morpholine rings is 1. The monoisotopic (exact) mass is 393 g/mol. The molecular formula is C16H20BrN5O2. The highest BCUT2D eigenvalue weighted by Gasteiger charge is 2.12. The summed E-state index contributed by atoms with van der Waals surface area (Å²) in [6.45, 7) is 5.16. The number of hydrogen-bond acceptors (Lipinski definition) is 7. The molecule has 3 N–H and O–H groups in total. The van der Waals surface area contributed by atoms with Crippen LogP contribution in [0, 0.1) is 0 Å². The highest BCUT2D eigenvalue weighted by Crippen LogP contribution is 2.29. The zero-order valence-corrected chi connectivity index (χ0v) is 14.8. The van der Waals surface area contributed by atoms with Gasteiger partial charge in [0, 0.05) is 30.7 Å². The quantitative estimate of drug-likeness (QED) is 0.778. The zero-order chi connectivity index (χ0) is 16.8. The summed E-state index contributed by atoms with van der Waals surface area (Å²) in [5.41, 5.74) is 6.53. The van der Waals surface area contributed by atoms with E-state index >= 15 is 0 Å². The minimum atomic E-state index is 0.348. The van der Waals surface area contributed by atoms with Crippen molar-refractivity contribution in [1.29, 1.82) is 0 Å². The zero-order valence-electron chi connectivity index (χ0n) is 13.2. The molecule has 0 amide bonds. The van der Waals surface area contributed by atoms with Gasteiger partial charge in [-0.1, -0.05) is 15.9 Å². The van der Waals surface area contributed by atoms with Gasteiger partial charge in [-0.2, -0.15) is 4.98 Å². The number of nitrogens with one attached hydrogen (secondary N) is 1.